The maximum atomic E-state index is 15.7. The van der Waals surface area contributed by atoms with E-state index in [1.165, 1.54) is 35.7 Å². The van der Waals surface area contributed by atoms with E-state index in [9.17, 15) is 22.1 Å². The highest BCUT2D eigenvalue weighted by Crippen LogP contribution is 2.53. The molecule has 1 heterocycles. The Morgan fingerprint density at radius 2 is 1.61 bits per heavy atom. The summed E-state index contributed by atoms with van der Waals surface area (Å²) in [4.78, 5) is 0. The van der Waals surface area contributed by atoms with Crippen LogP contribution in [0.3, 0.4) is 0 Å². The van der Waals surface area contributed by atoms with Crippen LogP contribution in [-0.2, 0) is 24.4 Å². The lowest BCUT2D eigenvalue weighted by molar-refractivity contribution is -0.0559. The van der Waals surface area contributed by atoms with Gasteiger partial charge in [0.05, 0.1) is 17.3 Å². The largest absolute Gasteiger partial charge is 0.497 e. The number of halogens is 2. The molecule has 9 nitrogen and oxygen atoms in total. The van der Waals surface area contributed by atoms with Crippen molar-refractivity contribution in [2.24, 2.45) is 22.4 Å². The maximum Gasteiger partial charge on any atom is 0.395 e. The molecule has 3 rings (SSSR count). The number of nitriles is 1. The molecule has 2 aliphatic rings. The van der Waals surface area contributed by atoms with Crippen molar-refractivity contribution in [3.05, 3.63) is 29.8 Å². The van der Waals surface area contributed by atoms with Gasteiger partial charge in [-0.3, -0.25) is 4.28 Å². The predicted octanol–water partition coefficient (Wildman–Crippen LogP) is 4.51. The fourth-order valence-electron chi connectivity index (χ4n) is 5.11. The first-order valence-electron chi connectivity index (χ1n) is 12.5. The first-order chi connectivity index (χ1) is 17.5. The van der Waals surface area contributed by atoms with E-state index in [1.807, 2.05) is 0 Å². The van der Waals surface area contributed by atoms with Crippen LogP contribution >= 0.6 is 0 Å². The van der Waals surface area contributed by atoms with E-state index in [4.69, 9.17) is 4.74 Å². The lowest BCUT2D eigenvalue weighted by atomic mass is 9.76. The molecular weight excluding hydrogens is 540 g/mol. The van der Waals surface area contributed by atoms with E-state index in [-0.39, 0.29) is 24.6 Å². The Kier molecular flexibility index (Phi) is 8.51. The van der Waals surface area contributed by atoms with E-state index in [2.05, 4.69) is 9.44 Å². The Bertz CT molecular complexity index is 1300. The Labute approximate surface area is 224 Å². The summed E-state index contributed by atoms with van der Waals surface area (Å²) in [5, 5.41) is 7.86. The van der Waals surface area contributed by atoms with Crippen molar-refractivity contribution in [2.45, 2.75) is 69.8 Å². The van der Waals surface area contributed by atoms with Gasteiger partial charge in [-0.05, 0) is 62.8 Å². The van der Waals surface area contributed by atoms with Gasteiger partial charge in [-0.2, -0.15) is 22.5 Å². The van der Waals surface area contributed by atoms with Crippen molar-refractivity contribution in [2.75, 3.05) is 20.2 Å². The van der Waals surface area contributed by atoms with Crippen LogP contribution in [0.15, 0.2) is 29.4 Å². The summed E-state index contributed by atoms with van der Waals surface area (Å²) >= 11 is 0. The van der Waals surface area contributed by atoms with Gasteiger partial charge < -0.3 is 4.74 Å². The molecule has 1 aliphatic heterocycles. The number of fused-ring (bicyclic) bond motifs is 1. The molecule has 2 unspecified atom stereocenters. The van der Waals surface area contributed by atoms with Crippen molar-refractivity contribution < 1.29 is 34.6 Å². The second-order valence-electron chi connectivity index (χ2n) is 10.9. The molecule has 0 bridgehead atoms. The lowest BCUT2D eigenvalue weighted by Crippen LogP contribution is -2.62. The van der Waals surface area contributed by atoms with Crippen molar-refractivity contribution in [1.82, 2.24) is 4.31 Å². The number of sulfonamides is 1. The number of hydrogen-bond donors (Lipinski definition) is 0. The molecular formula is C25H35F2N3O6S2. The second kappa shape index (κ2) is 10.7. The maximum absolute atomic E-state index is 15.7. The van der Waals surface area contributed by atoms with Crippen LogP contribution in [0.4, 0.5) is 8.78 Å². The molecule has 212 valence electrons. The Balaban J connectivity index is 1.88. The predicted molar refractivity (Wildman–Crippen MR) is 139 cm³/mol. The summed E-state index contributed by atoms with van der Waals surface area (Å²) in [6, 6.07) is 7.31. The van der Waals surface area contributed by atoms with Crippen molar-refractivity contribution in [3.8, 4) is 11.8 Å². The minimum absolute atomic E-state index is 0.111. The van der Waals surface area contributed by atoms with Gasteiger partial charge in [-0.25, -0.2) is 12.7 Å². The van der Waals surface area contributed by atoms with Gasteiger partial charge in [-0.1, -0.05) is 38.3 Å². The van der Waals surface area contributed by atoms with Crippen LogP contribution in [0, 0.1) is 28.6 Å². The minimum Gasteiger partial charge on any atom is -0.497 e. The molecule has 0 aromatic heterocycles. The van der Waals surface area contributed by atoms with Gasteiger partial charge in [0.25, 0.3) is 0 Å². The molecule has 38 heavy (non-hydrogen) atoms. The summed E-state index contributed by atoms with van der Waals surface area (Å²) in [5.74, 6) is 1.03. The summed E-state index contributed by atoms with van der Waals surface area (Å²) in [6.07, 6.45) is 4.66. The lowest BCUT2D eigenvalue weighted by Gasteiger charge is -2.48. The molecule has 0 N–H and O–H groups in total. The average molecular weight is 576 g/mol. The van der Waals surface area contributed by atoms with Gasteiger partial charge in [0.1, 0.15) is 11.8 Å². The molecule has 1 aromatic rings. The van der Waals surface area contributed by atoms with Gasteiger partial charge in [0.15, 0.2) is 5.71 Å². The number of alkyl halides is 2. The Morgan fingerprint density at radius 1 is 1.03 bits per heavy atom. The van der Waals surface area contributed by atoms with E-state index < -0.39 is 41.3 Å². The van der Waals surface area contributed by atoms with Gasteiger partial charge in [0, 0.05) is 18.7 Å². The monoisotopic (exact) mass is 575 g/mol. The van der Waals surface area contributed by atoms with Crippen molar-refractivity contribution in [3.63, 3.8) is 0 Å². The minimum atomic E-state index is -5.82. The molecule has 0 amide bonds. The molecule has 2 fully saturated rings. The fourth-order valence-corrected chi connectivity index (χ4v) is 8.48. The number of benzene rings is 1. The van der Waals surface area contributed by atoms with Crippen LogP contribution in [0.1, 0.15) is 65.4 Å². The first-order valence-corrected chi connectivity index (χ1v) is 15.3. The van der Waals surface area contributed by atoms with Gasteiger partial charge >= 0.3 is 15.4 Å². The van der Waals surface area contributed by atoms with Crippen LogP contribution in [0.2, 0.25) is 0 Å². The summed E-state index contributed by atoms with van der Waals surface area (Å²) in [7, 11) is -8.76. The number of nitrogens with zero attached hydrogens (tertiary/aromatic N) is 3. The van der Waals surface area contributed by atoms with Crippen LogP contribution in [0.25, 0.3) is 0 Å². The quantitative estimate of drug-likeness (QED) is 0.313. The van der Waals surface area contributed by atoms with E-state index in [1.54, 1.807) is 6.07 Å². The molecule has 2 atom stereocenters. The highest BCUT2D eigenvalue weighted by molar-refractivity contribution is 7.90. The zero-order valence-corrected chi connectivity index (χ0v) is 23.9. The number of rotatable bonds is 9. The topological polar surface area (TPSA) is 126 Å². The van der Waals surface area contributed by atoms with Crippen LogP contribution in [0.5, 0.6) is 5.75 Å². The fraction of sp³-hybridized carbons (Fsp3) is 0.680. The molecule has 1 saturated heterocycles. The SMILES string of the molecule is COc1ccc(C(C#N)=NOS(=O)(=O)C(F)(F)C(C)(C)C(C)(C)S(=O)(=O)N2CCC3CCCCC3C2)cc1. The number of oxime groups is 1. The first kappa shape index (κ1) is 30.2. The zero-order chi connectivity index (χ0) is 28.6. The Morgan fingerprint density at radius 3 is 2.16 bits per heavy atom. The molecule has 1 saturated carbocycles. The number of methoxy groups -OCH3 is 1. The number of hydrogen-bond acceptors (Lipinski definition) is 8. The summed E-state index contributed by atoms with van der Waals surface area (Å²) in [6.45, 7) is 4.43. The highest BCUT2D eigenvalue weighted by atomic mass is 32.2. The molecule has 0 spiro atoms. The molecule has 0 radical (unpaired) electrons. The zero-order valence-electron chi connectivity index (χ0n) is 22.3. The van der Waals surface area contributed by atoms with Crippen LogP contribution in [-0.4, -0.2) is 57.1 Å². The third-order valence-electron chi connectivity index (χ3n) is 8.48. The summed E-state index contributed by atoms with van der Waals surface area (Å²) in [5.41, 5.74) is -3.10. The second-order valence-corrected chi connectivity index (χ2v) is 15.0. The smallest absolute Gasteiger partial charge is 0.395 e. The van der Waals surface area contributed by atoms with E-state index >= 15 is 8.78 Å². The van der Waals surface area contributed by atoms with E-state index in [0.717, 1.165) is 53.4 Å². The average Bonchev–Trinajstić information content (AvgIpc) is 2.88. The third kappa shape index (κ3) is 5.14. The van der Waals surface area contributed by atoms with Crippen LogP contribution < -0.4 is 4.74 Å². The number of piperidine rings is 1. The third-order valence-corrected chi connectivity index (χ3v) is 12.7. The molecule has 1 aliphatic carbocycles. The van der Waals surface area contributed by atoms with Gasteiger partial charge in [0.2, 0.25) is 10.0 Å². The normalized spacial score (nSPS) is 22.3. The molecule has 13 heteroatoms. The summed E-state index contributed by atoms with van der Waals surface area (Å²) < 4.78 is 92.8. The standard InChI is InChI=1S/C25H35F2N3O6S2/c1-23(2,24(3,4)37(31,32)30-15-14-18-8-6-7-9-20(18)17-30)25(26,27)38(33,34)36-29-22(16-28)19-10-12-21(35-5)13-11-19/h10-13,18,20H,6-9,14-15,17H2,1-5H3. The number of ether oxygens (including phenoxy) is 1. The van der Waals surface area contributed by atoms with Gasteiger partial charge in [-0.15, -0.1) is 0 Å². The highest BCUT2D eigenvalue weighted by Gasteiger charge is 2.69. The van der Waals surface area contributed by atoms with Crippen molar-refractivity contribution in [1.29, 1.82) is 5.26 Å². The Hall–Kier alpha value is -2.30. The van der Waals surface area contributed by atoms with E-state index in [0.29, 0.717) is 18.1 Å². The van der Waals surface area contributed by atoms with Crippen molar-refractivity contribution >= 4 is 25.9 Å². The molecule has 1 aromatic carbocycles.